The first-order valence-corrected chi connectivity index (χ1v) is 11.3. The van der Waals surface area contributed by atoms with Gasteiger partial charge in [0, 0.05) is 0 Å². The first-order chi connectivity index (χ1) is 12.1. The first-order valence-electron chi connectivity index (χ1n) is 11.3. The number of carbonyl (C=O) groups excluding carboxylic acids is 1. The average Bonchev–Trinajstić information content (AvgIpc) is 3.15. The third-order valence-corrected chi connectivity index (χ3v) is 9.75. The molecule has 0 aromatic heterocycles. The fourth-order valence-corrected chi connectivity index (χ4v) is 8.76. The van der Waals surface area contributed by atoms with E-state index in [1.807, 2.05) is 0 Å². The second kappa shape index (κ2) is 5.73. The number of carbonyl (C=O) groups is 1. The van der Waals surface area contributed by atoms with Gasteiger partial charge in [-0.05, 0) is 98.7 Å². The summed E-state index contributed by atoms with van der Waals surface area (Å²) in [4.78, 5) is 13.3. The van der Waals surface area contributed by atoms with Crippen LogP contribution in [0.25, 0.3) is 0 Å². The lowest BCUT2D eigenvalue weighted by Gasteiger charge is -2.60. The second-order valence-corrected chi connectivity index (χ2v) is 10.5. The van der Waals surface area contributed by atoms with E-state index in [1.165, 1.54) is 44.9 Å². The summed E-state index contributed by atoms with van der Waals surface area (Å²) in [5.41, 5.74) is -0.0976. The number of fused-ring (bicyclic) bond motifs is 2. The highest BCUT2D eigenvalue weighted by Crippen LogP contribution is 2.62. The lowest BCUT2D eigenvalue weighted by molar-refractivity contribution is -0.216. The molecule has 25 heavy (non-hydrogen) atoms. The van der Waals surface area contributed by atoms with E-state index < -0.39 is 0 Å². The third kappa shape index (κ3) is 2.24. The predicted molar refractivity (Wildman–Crippen MR) is 98.8 cm³/mol. The molecule has 6 rings (SSSR count). The Bertz CT molecular complexity index is 524. The summed E-state index contributed by atoms with van der Waals surface area (Å²) < 4.78 is 6.59. The molecule has 0 radical (unpaired) electrons. The summed E-state index contributed by atoms with van der Waals surface area (Å²) in [6.45, 7) is 7.02. The molecule has 2 nitrogen and oxygen atoms in total. The van der Waals surface area contributed by atoms with Crippen molar-refractivity contribution in [3.63, 3.8) is 0 Å². The van der Waals surface area contributed by atoms with Crippen molar-refractivity contribution in [1.29, 1.82) is 0 Å². The van der Waals surface area contributed by atoms with Crippen molar-refractivity contribution in [2.45, 2.75) is 84.2 Å². The SMILES string of the molecule is CCC1C(C)C2CC(C(=O)OC3(CC)C4CC5CC(C4)CC3C5)C1C2. The molecule has 6 aliphatic carbocycles. The van der Waals surface area contributed by atoms with E-state index in [-0.39, 0.29) is 17.5 Å². The van der Waals surface area contributed by atoms with Crippen molar-refractivity contribution in [1.82, 2.24) is 0 Å². The van der Waals surface area contributed by atoms with Crippen molar-refractivity contribution >= 4 is 5.97 Å². The van der Waals surface area contributed by atoms with Crippen molar-refractivity contribution in [3.05, 3.63) is 0 Å². The van der Waals surface area contributed by atoms with Crippen LogP contribution in [0.3, 0.4) is 0 Å². The van der Waals surface area contributed by atoms with Gasteiger partial charge in [-0.25, -0.2) is 0 Å². The van der Waals surface area contributed by atoms with Gasteiger partial charge in [-0.2, -0.15) is 0 Å². The summed E-state index contributed by atoms with van der Waals surface area (Å²) in [5.74, 6) is 6.59. The van der Waals surface area contributed by atoms with E-state index in [0.717, 1.165) is 42.4 Å². The van der Waals surface area contributed by atoms with Gasteiger partial charge in [0.2, 0.25) is 0 Å². The van der Waals surface area contributed by atoms with Gasteiger partial charge in [0.15, 0.2) is 0 Å². The molecule has 0 spiro atoms. The minimum absolute atomic E-state index is 0.0976. The zero-order valence-corrected chi connectivity index (χ0v) is 16.4. The van der Waals surface area contributed by atoms with Gasteiger partial charge in [0.1, 0.15) is 5.60 Å². The van der Waals surface area contributed by atoms with Crippen LogP contribution >= 0.6 is 0 Å². The van der Waals surface area contributed by atoms with Crippen LogP contribution in [-0.4, -0.2) is 11.6 Å². The summed E-state index contributed by atoms with van der Waals surface area (Å²) in [6.07, 6.45) is 11.5. The van der Waals surface area contributed by atoms with Gasteiger partial charge in [0.05, 0.1) is 5.92 Å². The smallest absolute Gasteiger partial charge is 0.309 e. The zero-order valence-electron chi connectivity index (χ0n) is 16.4. The molecule has 6 fully saturated rings. The largest absolute Gasteiger partial charge is 0.458 e. The Morgan fingerprint density at radius 3 is 2.12 bits per heavy atom. The fourth-order valence-electron chi connectivity index (χ4n) is 8.76. The summed E-state index contributed by atoms with van der Waals surface area (Å²) in [7, 11) is 0. The number of hydrogen-bond acceptors (Lipinski definition) is 2. The fraction of sp³-hybridized carbons (Fsp3) is 0.957. The van der Waals surface area contributed by atoms with Crippen LogP contribution in [-0.2, 0) is 9.53 Å². The maximum atomic E-state index is 13.3. The van der Waals surface area contributed by atoms with Gasteiger partial charge in [-0.1, -0.05) is 27.2 Å². The molecule has 0 N–H and O–H groups in total. The van der Waals surface area contributed by atoms with Crippen LogP contribution < -0.4 is 0 Å². The molecule has 2 heteroatoms. The predicted octanol–water partition coefficient (Wildman–Crippen LogP) is 5.45. The molecular formula is C23H36O2. The van der Waals surface area contributed by atoms with Gasteiger partial charge in [-0.3, -0.25) is 4.79 Å². The van der Waals surface area contributed by atoms with Crippen molar-refractivity contribution in [2.24, 2.45) is 53.3 Å². The normalized spacial score (nSPS) is 55.7. The highest BCUT2D eigenvalue weighted by Gasteiger charge is 2.60. The molecule has 0 aromatic carbocycles. The topological polar surface area (TPSA) is 26.3 Å². The molecule has 5 atom stereocenters. The minimum Gasteiger partial charge on any atom is -0.458 e. The standard InChI is InChI=1S/C23H36O2/c1-4-19-13(3)16-11-20(19)21(12-16)22(24)25-23(5-2)17-7-14-6-15(9-17)10-18(23)8-14/h13-21H,4-12H2,1-3H3. The van der Waals surface area contributed by atoms with Crippen molar-refractivity contribution in [2.75, 3.05) is 0 Å². The highest BCUT2D eigenvalue weighted by molar-refractivity contribution is 5.74. The third-order valence-electron chi connectivity index (χ3n) is 9.75. The van der Waals surface area contributed by atoms with E-state index in [1.54, 1.807) is 0 Å². The summed E-state index contributed by atoms with van der Waals surface area (Å²) >= 11 is 0. The van der Waals surface area contributed by atoms with Gasteiger partial charge >= 0.3 is 5.97 Å². The molecule has 6 bridgehead atoms. The molecule has 6 aliphatic rings. The Morgan fingerprint density at radius 1 is 0.960 bits per heavy atom. The number of esters is 1. The van der Waals surface area contributed by atoms with E-state index in [2.05, 4.69) is 20.8 Å². The van der Waals surface area contributed by atoms with Crippen LogP contribution in [0.15, 0.2) is 0 Å². The van der Waals surface area contributed by atoms with E-state index >= 15 is 0 Å². The molecule has 5 unspecified atom stereocenters. The monoisotopic (exact) mass is 344 g/mol. The van der Waals surface area contributed by atoms with Gasteiger partial charge < -0.3 is 4.74 Å². The van der Waals surface area contributed by atoms with Gasteiger partial charge in [0.25, 0.3) is 0 Å². The van der Waals surface area contributed by atoms with Crippen molar-refractivity contribution in [3.8, 4) is 0 Å². The quantitative estimate of drug-likeness (QED) is 0.634. The molecule has 0 saturated heterocycles. The lowest BCUT2D eigenvalue weighted by atomic mass is 9.49. The second-order valence-electron chi connectivity index (χ2n) is 10.5. The van der Waals surface area contributed by atoms with Crippen LogP contribution in [0.2, 0.25) is 0 Å². The molecule has 0 heterocycles. The number of ether oxygens (including phenoxy) is 1. The van der Waals surface area contributed by atoms with Crippen LogP contribution in [0.4, 0.5) is 0 Å². The Morgan fingerprint density at radius 2 is 1.60 bits per heavy atom. The minimum atomic E-state index is -0.0976. The maximum absolute atomic E-state index is 13.3. The molecule has 0 amide bonds. The summed E-state index contributed by atoms with van der Waals surface area (Å²) in [5, 5.41) is 0. The average molecular weight is 345 g/mol. The first kappa shape index (κ1) is 16.6. The molecule has 0 aliphatic heterocycles. The number of hydrogen-bond donors (Lipinski definition) is 0. The van der Waals surface area contributed by atoms with Crippen LogP contribution in [0.5, 0.6) is 0 Å². The Labute approximate surface area is 153 Å². The Hall–Kier alpha value is -0.530. The van der Waals surface area contributed by atoms with E-state index in [4.69, 9.17) is 4.74 Å². The molecule has 6 saturated carbocycles. The van der Waals surface area contributed by atoms with Crippen molar-refractivity contribution < 1.29 is 9.53 Å². The molecule has 0 aromatic rings. The molecular weight excluding hydrogens is 308 g/mol. The molecule has 140 valence electrons. The van der Waals surface area contributed by atoms with E-state index in [0.29, 0.717) is 17.8 Å². The lowest BCUT2D eigenvalue weighted by Crippen LogP contribution is -2.60. The van der Waals surface area contributed by atoms with Crippen LogP contribution in [0, 0.1) is 53.3 Å². The zero-order chi connectivity index (χ0) is 17.3. The maximum Gasteiger partial charge on any atom is 0.309 e. The van der Waals surface area contributed by atoms with Gasteiger partial charge in [-0.15, -0.1) is 0 Å². The van der Waals surface area contributed by atoms with Crippen LogP contribution in [0.1, 0.15) is 78.6 Å². The number of rotatable bonds is 4. The summed E-state index contributed by atoms with van der Waals surface area (Å²) in [6, 6.07) is 0. The van der Waals surface area contributed by atoms with E-state index in [9.17, 15) is 4.79 Å². The Kier molecular flexibility index (Phi) is 3.81. The highest BCUT2D eigenvalue weighted by atomic mass is 16.6. The Balaban J connectivity index is 1.35.